The maximum absolute atomic E-state index is 11.1. The minimum Gasteiger partial charge on any atom is -0.492 e. The van der Waals surface area contributed by atoms with Gasteiger partial charge in [0.1, 0.15) is 5.75 Å². The van der Waals surface area contributed by atoms with Gasteiger partial charge < -0.3 is 9.84 Å². The topological polar surface area (TPSA) is 46.5 Å². The van der Waals surface area contributed by atoms with Crippen LogP contribution in [0.3, 0.4) is 0 Å². The zero-order chi connectivity index (χ0) is 14.6. The normalized spacial score (nSPS) is 11.4. The van der Waals surface area contributed by atoms with Crippen molar-refractivity contribution in [2.75, 3.05) is 6.61 Å². The van der Waals surface area contributed by atoms with E-state index in [4.69, 9.17) is 33.0 Å². The molecule has 0 aromatic heterocycles. The SMILES string of the molecule is CCOc1cc(Cl)c(CCC(C)(C)C(=O)O)cc1Cl. The Hall–Kier alpha value is -0.930. The van der Waals surface area contributed by atoms with Gasteiger partial charge in [0.25, 0.3) is 0 Å². The zero-order valence-electron chi connectivity index (χ0n) is 11.3. The van der Waals surface area contributed by atoms with Gasteiger partial charge in [-0.2, -0.15) is 0 Å². The van der Waals surface area contributed by atoms with Crippen molar-refractivity contribution >= 4 is 29.2 Å². The van der Waals surface area contributed by atoms with E-state index in [1.807, 2.05) is 6.92 Å². The molecule has 0 amide bonds. The second-order valence-corrected chi connectivity index (χ2v) is 5.81. The monoisotopic (exact) mass is 304 g/mol. The number of carboxylic acids is 1. The van der Waals surface area contributed by atoms with Gasteiger partial charge in [-0.15, -0.1) is 0 Å². The van der Waals surface area contributed by atoms with E-state index in [0.717, 1.165) is 5.56 Å². The fraction of sp³-hybridized carbons (Fsp3) is 0.500. The minimum atomic E-state index is -0.819. The summed E-state index contributed by atoms with van der Waals surface area (Å²) in [7, 11) is 0. The van der Waals surface area contributed by atoms with Gasteiger partial charge in [0.2, 0.25) is 0 Å². The Bertz CT molecular complexity index is 470. The highest BCUT2D eigenvalue weighted by Crippen LogP contribution is 2.33. The number of hydrogen-bond acceptors (Lipinski definition) is 2. The fourth-order valence-corrected chi connectivity index (χ4v) is 2.07. The lowest BCUT2D eigenvalue weighted by Gasteiger charge is -2.19. The third kappa shape index (κ3) is 4.29. The van der Waals surface area contributed by atoms with Crippen LogP contribution in [0.15, 0.2) is 12.1 Å². The Morgan fingerprint density at radius 1 is 1.32 bits per heavy atom. The third-order valence-electron chi connectivity index (χ3n) is 3.00. The molecule has 106 valence electrons. The first-order chi connectivity index (χ1) is 8.77. The first-order valence-corrected chi connectivity index (χ1v) is 6.87. The molecule has 0 aliphatic carbocycles. The highest BCUT2D eigenvalue weighted by Gasteiger charge is 2.27. The average molecular weight is 305 g/mol. The van der Waals surface area contributed by atoms with Crippen LogP contribution in [-0.2, 0) is 11.2 Å². The van der Waals surface area contributed by atoms with Crippen LogP contribution in [0.5, 0.6) is 5.75 Å². The molecule has 0 unspecified atom stereocenters. The molecule has 0 fully saturated rings. The van der Waals surface area contributed by atoms with Gasteiger partial charge >= 0.3 is 5.97 Å². The third-order valence-corrected chi connectivity index (χ3v) is 3.65. The van der Waals surface area contributed by atoms with Gasteiger partial charge in [0, 0.05) is 11.1 Å². The van der Waals surface area contributed by atoms with E-state index in [9.17, 15) is 4.79 Å². The standard InChI is InChI=1S/C14H18Cl2O3/c1-4-19-12-8-10(15)9(7-11(12)16)5-6-14(2,3)13(17)18/h7-8H,4-6H2,1-3H3,(H,17,18). The van der Waals surface area contributed by atoms with E-state index in [2.05, 4.69) is 0 Å². The minimum absolute atomic E-state index is 0.492. The summed E-state index contributed by atoms with van der Waals surface area (Å²) in [5.41, 5.74) is 0.0541. The lowest BCUT2D eigenvalue weighted by molar-refractivity contribution is -0.147. The van der Waals surface area contributed by atoms with Crippen molar-refractivity contribution in [3.05, 3.63) is 27.7 Å². The predicted octanol–water partition coefficient (Wildman–Crippen LogP) is 4.44. The predicted molar refractivity (Wildman–Crippen MR) is 77.4 cm³/mol. The van der Waals surface area contributed by atoms with Crippen molar-refractivity contribution in [3.63, 3.8) is 0 Å². The maximum Gasteiger partial charge on any atom is 0.309 e. The van der Waals surface area contributed by atoms with Crippen LogP contribution in [-0.4, -0.2) is 17.7 Å². The molecule has 5 heteroatoms. The highest BCUT2D eigenvalue weighted by atomic mass is 35.5. The molecule has 0 saturated heterocycles. The van der Waals surface area contributed by atoms with Crippen molar-refractivity contribution in [2.24, 2.45) is 5.41 Å². The summed E-state index contributed by atoms with van der Waals surface area (Å²) in [6.07, 6.45) is 1.05. The lowest BCUT2D eigenvalue weighted by atomic mass is 9.86. The van der Waals surface area contributed by atoms with Gasteiger partial charge in [-0.3, -0.25) is 4.79 Å². The Morgan fingerprint density at radius 2 is 1.95 bits per heavy atom. The van der Waals surface area contributed by atoms with Crippen LogP contribution in [0.1, 0.15) is 32.8 Å². The summed E-state index contributed by atoms with van der Waals surface area (Å²) in [5.74, 6) is -0.268. The second kappa shape index (κ2) is 6.49. The molecule has 1 rings (SSSR count). The fourth-order valence-electron chi connectivity index (χ4n) is 1.58. The molecule has 0 bridgehead atoms. The van der Waals surface area contributed by atoms with E-state index in [1.54, 1.807) is 26.0 Å². The van der Waals surface area contributed by atoms with Crippen molar-refractivity contribution < 1.29 is 14.6 Å². The molecule has 0 saturated carbocycles. The number of carbonyl (C=O) groups is 1. The molecule has 19 heavy (non-hydrogen) atoms. The van der Waals surface area contributed by atoms with E-state index in [-0.39, 0.29) is 0 Å². The Kier molecular flexibility index (Phi) is 5.50. The molecule has 1 aromatic rings. The van der Waals surface area contributed by atoms with Crippen molar-refractivity contribution in [1.82, 2.24) is 0 Å². The molecule has 1 N–H and O–H groups in total. The summed E-state index contributed by atoms with van der Waals surface area (Å²) in [6.45, 7) is 5.77. The first-order valence-electron chi connectivity index (χ1n) is 6.12. The molecule has 1 aromatic carbocycles. The first kappa shape index (κ1) is 16.1. The van der Waals surface area contributed by atoms with Crippen LogP contribution in [0.25, 0.3) is 0 Å². The van der Waals surface area contributed by atoms with Crippen LogP contribution in [0.4, 0.5) is 0 Å². The van der Waals surface area contributed by atoms with E-state index in [1.165, 1.54) is 0 Å². The van der Waals surface area contributed by atoms with Crippen LogP contribution < -0.4 is 4.74 Å². The summed E-state index contributed by atoms with van der Waals surface area (Å²) in [4.78, 5) is 11.1. The number of aryl methyl sites for hydroxylation is 1. The molecule has 0 atom stereocenters. The molecule has 0 aliphatic heterocycles. The van der Waals surface area contributed by atoms with Gasteiger partial charge in [-0.25, -0.2) is 0 Å². The zero-order valence-corrected chi connectivity index (χ0v) is 12.8. The van der Waals surface area contributed by atoms with Gasteiger partial charge in [0.05, 0.1) is 17.0 Å². The van der Waals surface area contributed by atoms with Crippen molar-refractivity contribution in [1.29, 1.82) is 0 Å². The van der Waals surface area contributed by atoms with Gasteiger partial charge in [-0.1, -0.05) is 23.2 Å². The van der Waals surface area contributed by atoms with E-state index < -0.39 is 11.4 Å². The molecule has 0 aliphatic rings. The second-order valence-electron chi connectivity index (χ2n) is 5.00. The molecule has 0 spiro atoms. The number of rotatable bonds is 6. The Labute approximate surface area is 123 Å². The van der Waals surface area contributed by atoms with E-state index >= 15 is 0 Å². The summed E-state index contributed by atoms with van der Waals surface area (Å²) >= 11 is 12.3. The van der Waals surface area contributed by atoms with Gasteiger partial charge in [-0.05, 0) is 45.2 Å². The quantitative estimate of drug-likeness (QED) is 0.845. The molecule has 3 nitrogen and oxygen atoms in total. The van der Waals surface area contributed by atoms with Crippen LogP contribution in [0, 0.1) is 5.41 Å². The number of carboxylic acid groups (broad SMARTS) is 1. The molecular formula is C14H18Cl2O3. The highest BCUT2D eigenvalue weighted by molar-refractivity contribution is 6.34. The van der Waals surface area contributed by atoms with Crippen molar-refractivity contribution in [2.45, 2.75) is 33.6 Å². The number of benzene rings is 1. The number of aliphatic carboxylic acids is 1. The summed E-state index contributed by atoms with van der Waals surface area (Å²) in [5, 5.41) is 10.1. The Morgan fingerprint density at radius 3 is 2.47 bits per heavy atom. The van der Waals surface area contributed by atoms with Gasteiger partial charge in [0.15, 0.2) is 0 Å². The van der Waals surface area contributed by atoms with Crippen molar-refractivity contribution in [3.8, 4) is 5.75 Å². The van der Waals surface area contributed by atoms with Crippen LogP contribution in [0.2, 0.25) is 10.0 Å². The van der Waals surface area contributed by atoms with E-state index in [0.29, 0.717) is 35.2 Å². The number of ether oxygens (including phenoxy) is 1. The Balaban J connectivity index is 2.86. The maximum atomic E-state index is 11.1. The summed E-state index contributed by atoms with van der Waals surface area (Å²) in [6, 6.07) is 3.42. The number of halogens is 2. The molecule has 0 heterocycles. The number of hydrogen-bond donors (Lipinski definition) is 1. The molecule has 0 radical (unpaired) electrons. The lowest BCUT2D eigenvalue weighted by Crippen LogP contribution is -2.24. The molecular weight excluding hydrogens is 287 g/mol. The van der Waals surface area contributed by atoms with Crippen LogP contribution >= 0.6 is 23.2 Å². The largest absolute Gasteiger partial charge is 0.492 e. The summed E-state index contributed by atoms with van der Waals surface area (Å²) < 4.78 is 5.35. The smallest absolute Gasteiger partial charge is 0.309 e. The average Bonchev–Trinajstić information content (AvgIpc) is 2.32.